The minimum absolute atomic E-state index is 0.0912. The number of aliphatic hydroxyl groups is 1. The van der Waals surface area contributed by atoms with Crippen molar-refractivity contribution in [2.45, 2.75) is 46.8 Å². The van der Waals surface area contributed by atoms with Gasteiger partial charge in [0, 0.05) is 0 Å². The summed E-state index contributed by atoms with van der Waals surface area (Å²) in [7, 11) is 0. The van der Waals surface area contributed by atoms with E-state index in [1.165, 1.54) is 0 Å². The van der Waals surface area contributed by atoms with Crippen molar-refractivity contribution in [1.29, 1.82) is 0 Å². The molecule has 0 saturated heterocycles. The lowest BCUT2D eigenvalue weighted by atomic mass is 10.0. The average Bonchev–Trinajstić information content (AvgIpc) is 2.90. The number of aromatic nitrogens is 1. The highest BCUT2D eigenvalue weighted by Gasteiger charge is 2.18. The van der Waals surface area contributed by atoms with Crippen LogP contribution < -0.4 is 10.1 Å². The smallest absolute Gasteiger partial charge is 0.255 e. The molecule has 0 bridgehead atoms. The molecular weight excluding hydrogens is 320 g/mol. The van der Waals surface area contributed by atoms with Crippen molar-refractivity contribution in [2.75, 3.05) is 6.61 Å². The Bertz CT molecular complexity index is 690. The number of aliphatic hydroxyl groups excluding tert-OH is 1. The second-order valence-corrected chi connectivity index (χ2v) is 6.57. The third-order valence-corrected chi connectivity index (χ3v) is 4.00. The van der Waals surface area contributed by atoms with Crippen LogP contribution in [0.5, 0.6) is 5.75 Å². The Labute approximate surface area is 148 Å². The van der Waals surface area contributed by atoms with Crippen LogP contribution in [0.25, 0.3) is 0 Å². The van der Waals surface area contributed by atoms with Crippen LogP contribution in [0.4, 0.5) is 0 Å². The molecule has 0 fully saturated rings. The topological polar surface area (TPSA) is 84.6 Å². The highest BCUT2D eigenvalue weighted by atomic mass is 16.5. The number of hydrogen-bond acceptors (Lipinski definition) is 5. The predicted octanol–water partition coefficient (Wildman–Crippen LogP) is 3.01. The van der Waals surface area contributed by atoms with Crippen LogP contribution in [-0.2, 0) is 6.61 Å². The van der Waals surface area contributed by atoms with Crippen molar-refractivity contribution >= 4 is 5.91 Å². The van der Waals surface area contributed by atoms with Gasteiger partial charge in [0.2, 0.25) is 0 Å². The lowest BCUT2D eigenvalue weighted by Crippen LogP contribution is -2.38. The molecule has 6 heteroatoms. The van der Waals surface area contributed by atoms with Gasteiger partial charge in [-0.25, -0.2) is 0 Å². The van der Waals surface area contributed by atoms with Crippen LogP contribution in [0.3, 0.4) is 0 Å². The molecule has 0 saturated carbocycles. The minimum Gasteiger partial charge on any atom is -0.488 e. The predicted molar refractivity (Wildman–Crippen MR) is 94.5 cm³/mol. The Kier molecular flexibility index (Phi) is 6.58. The van der Waals surface area contributed by atoms with Crippen LogP contribution in [-0.4, -0.2) is 28.8 Å². The third kappa shape index (κ3) is 5.06. The molecule has 0 spiro atoms. The van der Waals surface area contributed by atoms with Crippen molar-refractivity contribution in [3.05, 3.63) is 46.8 Å². The van der Waals surface area contributed by atoms with E-state index in [-0.39, 0.29) is 25.2 Å². The van der Waals surface area contributed by atoms with E-state index >= 15 is 0 Å². The summed E-state index contributed by atoms with van der Waals surface area (Å²) in [5, 5.41) is 16.2. The molecule has 1 heterocycles. The summed E-state index contributed by atoms with van der Waals surface area (Å²) < 4.78 is 11.0. The summed E-state index contributed by atoms with van der Waals surface area (Å²) in [5.41, 5.74) is 2.09. The number of ether oxygens (including phenoxy) is 1. The van der Waals surface area contributed by atoms with Gasteiger partial charge in [-0.05, 0) is 38.3 Å². The molecule has 25 heavy (non-hydrogen) atoms. The Morgan fingerprint density at radius 3 is 2.64 bits per heavy atom. The zero-order valence-corrected chi connectivity index (χ0v) is 15.2. The van der Waals surface area contributed by atoms with Gasteiger partial charge < -0.3 is 19.7 Å². The SMILES string of the molecule is Cc1noc(C)c1COc1ccccc1C(=O)NC(CO)CC(C)C. The molecule has 0 radical (unpaired) electrons. The molecule has 0 aliphatic rings. The number of carbonyl (C=O) groups excluding carboxylic acids is 1. The first-order valence-electron chi connectivity index (χ1n) is 8.47. The second kappa shape index (κ2) is 8.67. The highest BCUT2D eigenvalue weighted by Crippen LogP contribution is 2.22. The second-order valence-electron chi connectivity index (χ2n) is 6.57. The zero-order chi connectivity index (χ0) is 18.4. The van der Waals surface area contributed by atoms with Crippen molar-refractivity contribution in [3.8, 4) is 5.75 Å². The lowest BCUT2D eigenvalue weighted by Gasteiger charge is -2.19. The molecule has 1 unspecified atom stereocenters. The number of nitrogens with zero attached hydrogens (tertiary/aromatic N) is 1. The van der Waals surface area contributed by atoms with Crippen LogP contribution in [0.1, 0.15) is 47.6 Å². The van der Waals surface area contributed by atoms with Crippen LogP contribution in [0.15, 0.2) is 28.8 Å². The van der Waals surface area contributed by atoms with E-state index < -0.39 is 0 Å². The molecule has 0 aliphatic heterocycles. The summed E-state index contributed by atoms with van der Waals surface area (Å²) in [4.78, 5) is 12.6. The molecule has 1 atom stereocenters. The summed E-state index contributed by atoms with van der Waals surface area (Å²) in [6, 6.07) is 6.79. The van der Waals surface area contributed by atoms with Crippen molar-refractivity contribution in [2.24, 2.45) is 5.92 Å². The van der Waals surface area contributed by atoms with Gasteiger partial charge in [-0.15, -0.1) is 0 Å². The van der Waals surface area contributed by atoms with E-state index in [1.807, 2.05) is 19.9 Å². The maximum absolute atomic E-state index is 12.6. The minimum atomic E-state index is -0.275. The van der Waals surface area contributed by atoms with Crippen LogP contribution in [0.2, 0.25) is 0 Å². The summed E-state index contributed by atoms with van der Waals surface area (Å²) in [5.74, 6) is 1.32. The molecule has 2 N–H and O–H groups in total. The number of nitrogens with one attached hydrogen (secondary N) is 1. The van der Waals surface area contributed by atoms with Gasteiger partial charge in [0.05, 0.1) is 29.5 Å². The molecule has 2 rings (SSSR count). The molecule has 1 aromatic heterocycles. The Morgan fingerprint density at radius 2 is 2.04 bits per heavy atom. The van der Waals surface area contributed by atoms with E-state index in [4.69, 9.17) is 9.26 Å². The average molecular weight is 346 g/mol. The van der Waals surface area contributed by atoms with Crippen LogP contribution in [0, 0.1) is 19.8 Å². The van der Waals surface area contributed by atoms with Crippen molar-refractivity contribution < 1.29 is 19.2 Å². The van der Waals surface area contributed by atoms with Gasteiger partial charge in [0.1, 0.15) is 18.1 Å². The fourth-order valence-electron chi connectivity index (χ4n) is 2.65. The number of aryl methyl sites for hydroxylation is 2. The van der Waals surface area contributed by atoms with Gasteiger partial charge in [-0.1, -0.05) is 31.1 Å². The van der Waals surface area contributed by atoms with E-state index in [1.54, 1.807) is 18.2 Å². The van der Waals surface area contributed by atoms with Gasteiger partial charge in [-0.2, -0.15) is 0 Å². The summed E-state index contributed by atoms with van der Waals surface area (Å²) in [6.45, 7) is 7.97. The van der Waals surface area contributed by atoms with Crippen LogP contribution >= 0.6 is 0 Å². The Morgan fingerprint density at radius 1 is 1.32 bits per heavy atom. The van der Waals surface area contributed by atoms with E-state index in [0.717, 1.165) is 11.3 Å². The molecule has 136 valence electrons. The van der Waals surface area contributed by atoms with Gasteiger partial charge in [-0.3, -0.25) is 4.79 Å². The Hall–Kier alpha value is -2.34. The number of rotatable bonds is 8. The highest BCUT2D eigenvalue weighted by molar-refractivity contribution is 5.97. The van der Waals surface area contributed by atoms with E-state index in [2.05, 4.69) is 24.3 Å². The lowest BCUT2D eigenvalue weighted by molar-refractivity contribution is 0.0904. The summed E-state index contributed by atoms with van der Waals surface area (Å²) in [6.07, 6.45) is 0.713. The van der Waals surface area contributed by atoms with E-state index in [9.17, 15) is 9.90 Å². The molecule has 1 amide bonds. The number of benzene rings is 1. The van der Waals surface area contributed by atoms with Gasteiger partial charge in [0.15, 0.2) is 0 Å². The maximum Gasteiger partial charge on any atom is 0.255 e. The molecule has 0 aliphatic carbocycles. The quantitative estimate of drug-likeness (QED) is 0.767. The van der Waals surface area contributed by atoms with Crippen molar-refractivity contribution in [3.63, 3.8) is 0 Å². The first kappa shape index (κ1) is 19.0. The van der Waals surface area contributed by atoms with E-state index in [0.29, 0.717) is 29.4 Å². The van der Waals surface area contributed by atoms with Crippen molar-refractivity contribution in [1.82, 2.24) is 10.5 Å². The largest absolute Gasteiger partial charge is 0.488 e. The Balaban J connectivity index is 2.10. The number of amides is 1. The monoisotopic (exact) mass is 346 g/mol. The fourth-order valence-corrected chi connectivity index (χ4v) is 2.65. The first-order chi connectivity index (χ1) is 11.9. The van der Waals surface area contributed by atoms with Gasteiger partial charge >= 0.3 is 0 Å². The number of carbonyl (C=O) groups is 1. The molecule has 6 nitrogen and oxygen atoms in total. The normalized spacial score (nSPS) is 12.2. The number of hydrogen-bond donors (Lipinski definition) is 2. The summed E-state index contributed by atoms with van der Waals surface area (Å²) >= 11 is 0. The first-order valence-corrected chi connectivity index (χ1v) is 8.47. The molecule has 2 aromatic rings. The molecular formula is C19H26N2O4. The fraction of sp³-hybridized carbons (Fsp3) is 0.474. The number of para-hydroxylation sites is 1. The maximum atomic E-state index is 12.6. The standard InChI is InChI=1S/C19H26N2O4/c1-12(2)9-15(10-22)20-19(23)16-7-5-6-8-18(16)24-11-17-13(3)21-25-14(17)4/h5-8,12,15,22H,9-11H2,1-4H3,(H,20,23). The van der Waals surface area contributed by atoms with Gasteiger partial charge in [0.25, 0.3) is 5.91 Å². The third-order valence-electron chi connectivity index (χ3n) is 4.00. The zero-order valence-electron chi connectivity index (χ0n) is 15.2. The molecule has 1 aromatic carbocycles.